The van der Waals surface area contributed by atoms with Crippen LogP contribution in [0.1, 0.15) is 82.3 Å². The topological polar surface area (TPSA) is 46.2 Å². The van der Waals surface area contributed by atoms with Gasteiger partial charge in [-0.3, -0.25) is 9.59 Å². The summed E-state index contributed by atoms with van der Waals surface area (Å²) >= 11 is 1.22. The molecule has 3 aromatic carbocycles. The predicted octanol–water partition coefficient (Wildman–Crippen LogP) is 8.85. The first-order valence-corrected chi connectivity index (χ1v) is 14.6. The summed E-state index contributed by atoms with van der Waals surface area (Å²) in [5.41, 5.74) is 2.37. The number of thioether (sulfide) groups is 1. The van der Waals surface area contributed by atoms with Gasteiger partial charge in [-0.05, 0) is 66.6 Å². The van der Waals surface area contributed by atoms with Crippen molar-refractivity contribution >= 4 is 28.5 Å². The second-order valence-corrected chi connectivity index (χ2v) is 11.6. The highest BCUT2D eigenvalue weighted by Crippen LogP contribution is 2.43. The van der Waals surface area contributed by atoms with Gasteiger partial charge in [0.15, 0.2) is 0 Å². The van der Waals surface area contributed by atoms with Gasteiger partial charge in [-0.2, -0.15) is 0 Å². The molecule has 4 heteroatoms. The fraction of sp³-hybridized carbons (Fsp3) is 0.394. The summed E-state index contributed by atoms with van der Waals surface area (Å²) in [6.07, 6.45) is 8.49. The van der Waals surface area contributed by atoms with Crippen LogP contribution < -0.4 is 5.32 Å². The van der Waals surface area contributed by atoms with E-state index < -0.39 is 0 Å². The third-order valence-corrected chi connectivity index (χ3v) is 8.97. The Bertz CT molecular complexity index is 1120. The minimum atomic E-state index is -0.378. The molecule has 3 aromatic rings. The SMILES string of the molecule is CCC(C)CCC1(C(=O)Nc2ccccc2SC(=O)C(c2ccccc2)c2ccccc2)CCCCC1. The van der Waals surface area contributed by atoms with Crippen molar-refractivity contribution < 1.29 is 9.59 Å². The predicted molar refractivity (Wildman–Crippen MR) is 155 cm³/mol. The van der Waals surface area contributed by atoms with E-state index in [-0.39, 0.29) is 22.4 Å². The van der Waals surface area contributed by atoms with Crippen molar-refractivity contribution in [3.63, 3.8) is 0 Å². The van der Waals surface area contributed by atoms with Gasteiger partial charge in [0.05, 0.1) is 11.6 Å². The molecule has 194 valence electrons. The summed E-state index contributed by atoms with van der Waals surface area (Å²) in [6, 6.07) is 27.6. The molecule has 1 N–H and O–H groups in total. The lowest BCUT2D eigenvalue weighted by Crippen LogP contribution is -2.38. The molecule has 3 nitrogen and oxygen atoms in total. The molecule has 0 saturated heterocycles. The second-order valence-electron chi connectivity index (χ2n) is 10.5. The Morgan fingerprint density at radius 2 is 1.41 bits per heavy atom. The molecule has 1 unspecified atom stereocenters. The third kappa shape index (κ3) is 6.93. The van der Waals surface area contributed by atoms with Gasteiger partial charge in [-0.15, -0.1) is 0 Å². The Morgan fingerprint density at radius 3 is 2.00 bits per heavy atom. The van der Waals surface area contributed by atoms with Crippen molar-refractivity contribution in [3.05, 3.63) is 96.1 Å². The van der Waals surface area contributed by atoms with Crippen molar-refractivity contribution in [1.82, 2.24) is 0 Å². The van der Waals surface area contributed by atoms with Gasteiger partial charge >= 0.3 is 0 Å². The van der Waals surface area contributed by atoms with Crippen LogP contribution in [0.15, 0.2) is 89.8 Å². The van der Waals surface area contributed by atoms with Crippen LogP contribution in [0.5, 0.6) is 0 Å². The molecule has 1 aliphatic rings. The van der Waals surface area contributed by atoms with Crippen LogP contribution in [0.4, 0.5) is 5.69 Å². The highest BCUT2D eigenvalue weighted by atomic mass is 32.2. The van der Waals surface area contributed by atoms with Crippen LogP contribution in [-0.2, 0) is 9.59 Å². The molecule has 0 bridgehead atoms. The molecule has 1 amide bonds. The summed E-state index contributed by atoms with van der Waals surface area (Å²) < 4.78 is 0. The zero-order chi connectivity index (χ0) is 26.1. The number of para-hydroxylation sites is 1. The highest BCUT2D eigenvalue weighted by molar-refractivity contribution is 8.13. The summed E-state index contributed by atoms with van der Waals surface area (Å²) in [5, 5.41) is 3.32. The average molecular weight is 514 g/mol. The minimum absolute atomic E-state index is 0.0447. The molecule has 1 saturated carbocycles. The Morgan fingerprint density at radius 1 is 0.838 bits per heavy atom. The molecule has 0 radical (unpaired) electrons. The van der Waals surface area contributed by atoms with E-state index in [1.54, 1.807) is 0 Å². The summed E-state index contributed by atoms with van der Waals surface area (Å²) in [6.45, 7) is 4.50. The second kappa shape index (κ2) is 13.1. The maximum absolute atomic E-state index is 13.8. The quantitative estimate of drug-likeness (QED) is 0.275. The number of rotatable bonds is 10. The van der Waals surface area contributed by atoms with Crippen LogP contribution in [0.2, 0.25) is 0 Å². The van der Waals surface area contributed by atoms with Crippen LogP contribution in [0, 0.1) is 11.3 Å². The normalized spacial score (nSPS) is 15.8. The fourth-order valence-corrected chi connectivity index (χ4v) is 6.37. The fourth-order valence-electron chi connectivity index (χ4n) is 5.38. The maximum Gasteiger partial charge on any atom is 0.230 e. The molecule has 1 fully saturated rings. The zero-order valence-electron chi connectivity index (χ0n) is 22.1. The molecule has 37 heavy (non-hydrogen) atoms. The number of hydrogen-bond acceptors (Lipinski definition) is 3. The number of anilines is 1. The van der Waals surface area contributed by atoms with Gasteiger partial charge in [0.1, 0.15) is 0 Å². The van der Waals surface area contributed by atoms with Crippen LogP contribution >= 0.6 is 11.8 Å². The van der Waals surface area contributed by atoms with Crippen LogP contribution in [-0.4, -0.2) is 11.0 Å². The van der Waals surface area contributed by atoms with Gasteiger partial charge in [0, 0.05) is 10.3 Å². The molecule has 4 rings (SSSR count). The number of carbonyl (C=O) groups excluding carboxylic acids is 2. The first kappa shape index (κ1) is 27.2. The summed E-state index contributed by atoms with van der Waals surface area (Å²) in [7, 11) is 0. The molecule has 0 aromatic heterocycles. The maximum atomic E-state index is 13.8. The van der Waals surface area contributed by atoms with E-state index in [0.29, 0.717) is 5.92 Å². The average Bonchev–Trinajstić information content (AvgIpc) is 2.94. The van der Waals surface area contributed by atoms with E-state index in [1.165, 1.54) is 18.2 Å². The number of amides is 1. The van der Waals surface area contributed by atoms with Gasteiger partial charge < -0.3 is 5.32 Å². The number of hydrogen-bond donors (Lipinski definition) is 1. The van der Waals surface area contributed by atoms with E-state index in [2.05, 4.69) is 19.2 Å². The Labute approximate surface area is 226 Å². The summed E-state index contributed by atoms with van der Waals surface area (Å²) in [4.78, 5) is 28.4. The van der Waals surface area contributed by atoms with E-state index in [1.807, 2.05) is 84.9 Å². The number of carbonyl (C=O) groups is 2. The van der Waals surface area contributed by atoms with Crippen molar-refractivity contribution in [2.24, 2.45) is 11.3 Å². The lowest BCUT2D eigenvalue weighted by Gasteiger charge is -2.37. The first-order valence-electron chi connectivity index (χ1n) is 13.7. The van der Waals surface area contributed by atoms with Crippen LogP contribution in [0.25, 0.3) is 0 Å². The standard InChI is InChI=1S/C33H39NO2S/c1-3-25(2)21-24-33(22-13-6-14-23-33)32(36)34-28-19-11-12-20-29(28)37-31(35)30(26-15-7-4-8-16-26)27-17-9-5-10-18-27/h4-5,7-12,15-20,25,30H,3,6,13-14,21-24H2,1-2H3,(H,34,36). The zero-order valence-corrected chi connectivity index (χ0v) is 22.9. The molecule has 0 aliphatic heterocycles. The molecule has 0 heterocycles. The highest BCUT2D eigenvalue weighted by Gasteiger charge is 2.39. The van der Waals surface area contributed by atoms with Crippen molar-refractivity contribution in [2.45, 2.75) is 76.0 Å². The van der Waals surface area contributed by atoms with Crippen molar-refractivity contribution in [1.29, 1.82) is 0 Å². The Balaban J connectivity index is 1.56. The van der Waals surface area contributed by atoms with Crippen molar-refractivity contribution in [2.75, 3.05) is 5.32 Å². The molecule has 1 atom stereocenters. The van der Waals surface area contributed by atoms with Gasteiger partial charge in [0.25, 0.3) is 0 Å². The van der Waals surface area contributed by atoms with E-state index in [9.17, 15) is 9.59 Å². The first-order chi connectivity index (χ1) is 18.0. The summed E-state index contributed by atoms with van der Waals surface area (Å²) in [5.74, 6) is 0.370. The molecule has 0 spiro atoms. The largest absolute Gasteiger partial charge is 0.325 e. The van der Waals surface area contributed by atoms with E-state index in [4.69, 9.17) is 0 Å². The number of benzene rings is 3. The lowest BCUT2D eigenvalue weighted by molar-refractivity contribution is -0.128. The molecule has 1 aliphatic carbocycles. The third-order valence-electron chi connectivity index (χ3n) is 7.95. The van der Waals surface area contributed by atoms with Crippen molar-refractivity contribution in [3.8, 4) is 0 Å². The van der Waals surface area contributed by atoms with E-state index in [0.717, 1.165) is 66.7 Å². The lowest BCUT2D eigenvalue weighted by atomic mass is 9.69. The Hall–Kier alpha value is -2.85. The van der Waals surface area contributed by atoms with Gasteiger partial charge in [0.2, 0.25) is 11.0 Å². The number of nitrogens with one attached hydrogen (secondary N) is 1. The minimum Gasteiger partial charge on any atom is -0.325 e. The van der Waals surface area contributed by atoms with E-state index >= 15 is 0 Å². The monoisotopic (exact) mass is 513 g/mol. The van der Waals surface area contributed by atoms with Crippen LogP contribution in [0.3, 0.4) is 0 Å². The molecular formula is C33H39NO2S. The van der Waals surface area contributed by atoms with Gasteiger partial charge in [-0.1, -0.05) is 112 Å². The molecular weight excluding hydrogens is 474 g/mol. The smallest absolute Gasteiger partial charge is 0.230 e. The Kier molecular flexibility index (Phi) is 9.62. The van der Waals surface area contributed by atoms with Gasteiger partial charge in [-0.25, -0.2) is 0 Å².